The predicted molar refractivity (Wildman–Crippen MR) is 95.4 cm³/mol. The summed E-state index contributed by atoms with van der Waals surface area (Å²) in [6.45, 7) is 0.193. The van der Waals surface area contributed by atoms with Gasteiger partial charge < -0.3 is 4.98 Å². The third-order valence-electron chi connectivity index (χ3n) is 4.86. The first-order valence-electron chi connectivity index (χ1n) is 8.12. The Morgan fingerprint density at radius 2 is 2.04 bits per heavy atom. The number of fused-ring (bicyclic) bond motifs is 1. The van der Waals surface area contributed by atoms with Gasteiger partial charge in [-0.05, 0) is 18.4 Å². The van der Waals surface area contributed by atoms with E-state index in [4.69, 9.17) is 5.14 Å². The smallest absolute Gasteiger partial charge is 0.278 e. The van der Waals surface area contributed by atoms with Crippen molar-refractivity contribution in [1.82, 2.24) is 19.3 Å². The summed E-state index contributed by atoms with van der Waals surface area (Å²) in [6, 6.07) is 8.89. The van der Waals surface area contributed by atoms with Crippen LogP contribution in [0.15, 0.2) is 49.1 Å². The van der Waals surface area contributed by atoms with Crippen molar-refractivity contribution in [3.63, 3.8) is 0 Å². The second kappa shape index (κ2) is 5.97. The number of aromatic nitrogens is 3. The van der Waals surface area contributed by atoms with Crippen LogP contribution in [0.25, 0.3) is 11.0 Å². The van der Waals surface area contributed by atoms with Crippen molar-refractivity contribution in [2.75, 3.05) is 6.54 Å². The van der Waals surface area contributed by atoms with Gasteiger partial charge in [0.2, 0.25) is 0 Å². The minimum atomic E-state index is -4.08. The van der Waals surface area contributed by atoms with Crippen LogP contribution in [0.5, 0.6) is 0 Å². The first-order valence-corrected chi connectivity index (χ1v) is 9.63. The van der Waals surface area contributed by atoms with Gasteiger partial charge in [0.15, 0.2) is 5.78 Å². The van der Waals surface area contributed by atoms with Crippen molar-refractivity contribution < 1.29 is 13.2 Å². The molecule has 1 fully saturated rings. The number of hydrogen-bond acceptors (Lipinski definition) is 5. The second-order valence-electron chi connectivity index (χ2n) is 6.26. The molecule has 3 aromatic rings. The molecule has 0 saturated carbocycles. The van der Waals surface area contributed by atoms with Crippen LogP contribution in [0.4, 0.5) is 0 Å². The summed E-state index contributed by atoms with van der Waals surface area (Å²) in [5.74, 6) is -0.337. The Morgan fingerprint density at radius 1 is 1.27 bits per heavy atom. The molecule has 1 unspecified atom stereocenters. The van der Waals surface area contributed by atoms with E-state index in [2.05, 4.69) is 15.0 Å². The zero-order valence-corrected chi connectivity index (χ0v) is 14.6. The Kier molecular flexibility index (Phi) is 3.87. The fourth-order valence-electron chi connectivity index (χ4n) is 3.77. The van der Waals surface area contributed by atoms with Crippen molar-refractivity contribution in [3.8, 4) is 0 Å². The highest BCUT2D eigenvalue weighted by molar-refractivity contribution is 7.86. The molecule has 8 nitrogen and oxygen atoms in total. The fourth-order valence-corrected chi connectivity index (χ4v) is 4.87. The van der Waals surface area contributed by atoms with Crippen LogP contribution in [0.3, 0.4) is 0 Å². The molecule has 3 N–H and O–H groups in total. The summed E-state index contributed by atoms with van der Waals surface area (Å²) in [5.41, 5.74) is 0.0919. The quantitative estimate of drug-likeness (QED) is 0.670. The number of ketones is 1. The fraction of sp³-hybridized carbons (Fsp3) is 0.235. The largest absolute Gasteiger partial charge is 0.345 e. The lowest BCUT2D eigenvalue weighted by Gasteiger charge is -2.35. The molecular formula is C17H17N5O3S. The van der Waals surface area contributed by atoms with Gasteiger partial charge in [-0.15, -0.1) is 0 Å². The average Bonchev–Trinajstić information content (AvgIpc) is 3.27. The Morgan fingerprint density at radius 3 is 2.77 bits per heavy atom. The molecule has 0 aliphatic carbocycles. The van der Waals surface area contributed by atoms with E-state index in [9.17, 15) is 13.2 Å². The van der Waals surface area contributed by atoms with Crippen molar-refractivity contribution in [2.24, 2.45) is 5.14 Å². The monoisotopic (exact) mass is 371 g/mol. The molecule has 1 aromatic carbocycles. The molecule has 1 atom stereocenters. The molecule has 9 heteroatoms. The first kappa shape index (κ1) is 16.8. The molecule has 0 bridgehead atoms. The number of hydrogen-bond donors (Lipinski definition) is 2. The SMILES string of the molecule is NS(=O)(=O)N1CCCC1(C(=O)c1c[nH]c2ncncc12)c1ccccc1. The van der Waals surface area contributed by atoms with Crippen molar-refractivity contribution >= 4 is 27.0 Å². The minimum Gasteiger partial charge on any atom is -0.345 e. The summed E-state index contributed by atoms with van der Waals surface area (Å²) < 4.78 is 25.7. The maximum Gasteiger partial charge on any atom is 0.278 e. The number of rotatable bonds is 4. The van der Waals surface area contributed by atoms with Gasteiger partial charge in [0.25, 0.3) is 10.2 Å². The number of benzene rings is 1. The van der Waals surface area contributed by atoms with E-state index in [1.165, 1.54) is 6.33 Å². The molecule has 1 aliphatic rings. The van der Waals surface area contributed by atoms with Gasteiger partial charge in [-0.25, -0.2) is 15.1 Å². The zero-order valence-electron chi connectivity index (χ0n) is 13.8. The van der Waals surface area contributed by atoms with Gasteiger partial charge in [0.1, 0.15) is 17.5 Å². The summed E-state index contributed by atoms with van der Waals surface area (Å²) >= 11 is 0. The van der Waals surface area contributed by atoms with E-state index >= 15 is 0 Å². The van der Waals surface area contributed by atoms with E-state index in [-0.39, 0.29) is 12.3 Å². The van der Waals surface area contributed by atoms with Gasteiger partial charge in [0, 0.05) is 29.9 Å². The topological polar surface area (TPSA) is 122 Å². The van der Waals surface area contributed by atoms with E-state index in [0.717, 1.165) is 4.31 Å². The van der Waals surface area contributed by atoms with Crippen molar-refractivity contribution in [1.29, 1.82) is 0 Å². The normalized spacial score (nSPS) is 21.3. The van der Waals surface area contributed by atoms with Gasteiger partial charge in [0.05, 0.1) is 0 Å². The van der Waals surface area contributed by atoms with Crippen LogP contribution in [-0.2, 0) is 15.7 Å². The number of H-pyrrole nitrogens is 1. The van der Waals surface area contributed by atoms with E-state index in [1.807, 2.05) is 6.07 Å². The number of nitrogens with zero attached hydrogens (tertiary/aromatic N) is 3. The van der Waals surface area contributed by atoms with Crippen LogP contribution in [-0.4, -0.2) is 40.0 Å². The number of Topliss-reactive ketones (excluding diaryl/α,β-unsaturated/α-hetero) is 1. The van der Waals surface area contributed by atoms with Gasteiger partial charge >= 0.3 is 0 Å². The Hall–Kier alpha value is -2.62. The highest BCUT2D eigenvalue weighted by Crippen LogP contribution is 2.43. The van der Waals surface area contributed by atoms with Gasteiger partial charge in [-0.1, -0.05) is 30.3 Å². The molecule has 0 spiro atoms. The average molecular weight is 371 g/mol. The molecule has 0 radical (unpaired) electrons. The number of aromatic amines is 1. The van der Waals surface area contributed by atoms with Crippen molar-refractivity contribution in [3.05, 3.63) is 60.2 Å². The van der Waals surface area contributed by atoms with Gasteiger partial charge in [-0.2, -0.15) is 12.7 Å². The second-order valence-corrected chi connectivity index (χ2v) is 7.73. The molecule has 3 heterocycles. The summed E-state index contributed by atoms with van der Waals surface area (Å²) in [5, 5.41) is 6.02. The molecular weight excluding hydrogens is 354 g/mol. The Labute approximate surface area is 150 Å². The molecule has 134 valence electrons. The highest BCUT2D eigenvalue weighted by atomic mass is 32.2. The molecule has 26 heavy (non-hydrogen) atoms. The Balaban J connectivity index is 1.96. The summed E-state index contributed by atoms with van der Waals surface area (Å²) in [6.07, 6.45) is 5.36. The molecule has 0 amide bonds. The van der Waals surface area contributed by atoms with E-state index in [0.29, 0.717) is 35.0 Å². The standard InChI is InChI=1S/C17H17N5O3S/c18-26(24,25)22-8-4-7-17(22,12-5-2-1-3-6-12)15(23)13-10-20-16-14(13)9-19-11-21-16/h1-3,5-6,9-11H,4,7-8H2,(H2,18,24,25)(H,19,20,21). The lowest BCUT2D eigenvalue weighted by Crippen LogP contribution is -2.52. The third-order valence-corrected chi connectivity index (χ3v) is 5.97. The lowest BCUT2D eigenvalue weighted by molar-refractivity contribution is 0.0789. The third kappa shape index (κ3) is 2.44. The van der Waals surface area contributed by atoms with Crippen LogP contribution in [0.2, 0.25) is 0 Å². The maximum absolute atomic E-state index is 13.7. The first-order chi connectivity index (χ1) is 12.4. The number of carbonyl (C=O) groups excluding carboxylic acids is 1. The Bertz CT molecular complexity index is 1080. The lowest BCUT2D eigenvalue weighted by atomic mass is 9.81. The van der Waals surface area contributed by atoms with Gasteiger partial charge in [-0.3, -0.25) is 4.79 Å². The maximum atomic E-state index is 13.7. The van der Waals surface area contributed by atoms with Crippen molar-refractivity contribution in [2.45, 2.75) is 18.4 Å². The van der Waals surface area contributed by atoms with Crippen LogP contribution in [0.1, 0.15) is 28.8 Å². The minimum absolute atomic E-state index is 0.193. The van der Waals surface area contributed by atoms with Crippen LogP contribution >= 0.6 is 0 Å². The predicted octanol–water partition coefficient (Wildman–Crippen LogP) is 1.34. The number of nitrogens with two attached hydrogens (primary N) is 1. The molecule has 2 aromatic heterocycles. The number of carbonyl (C=O) groups is 1. The van der Waals surface area contributed by atoms with E-state index < -0.39 is 15.7 Å². The highest BCUT2D eigenvalue weighted by Gasteiger charge is 2.53. The number of nitrogens with one attached hydrogen (secondary N) is 1. The molecule has 1 aliphatic heterocycles. The summed E-state index contributed by atoms with van der Waals surface area (Å²) in [4.78, 5) is 24.7. The molecule has 1 saturated heterocycles. The van der Waals surface area contributed by atoms with Crippen LogP contribution in [0, 0.1) is 0 Å². The molecule has 4 rings (SSSR count). The zero-order chi connectivity index (χ0) is 18.4. The summed E-state index contributed by atoms with van der Waals surface area (Å²) in [7, 11) is -4.08. The van der Waals surface area contributed by atoms with E-state index in [1.54, 1.807) is 36.7 Å². The van der Waals surface area contributed by atoms with Crippen LogP contribution < -0.4 is 5.14 Å².